The van der Waals surface area contributed by atoms with Crippen LogP contribution in [-0.4, -0.2) is 27.1 Å². The van der Waals surface area contributed by atoms with Crippen molar-refractivity contribution < 1.29 is 19.8 Å². The van der Waals surface area contributed by atoms with Gasteiger partial charge in [0.2, 0.25) is 0 Å². The van der Waals surface area contributed by atoms with Crippen LogP contribution in [0.5, 0.6) is 0 Å². The van der Waals surface area contributed by atoms with E-state index in [4.69, 9.17) is 15.9 Å². The second-order valence-electron chi connectivity index (χ2n) is 4.01. The van der Waals surface area contributed by atoms with Gasteiger partial charge in [-0.3, -0.25) is 0 Å². The standard InChI is InChI=1S/C13H11N3O4/c14-9-1-2-11(15-6-9)16-10-4-7(12(17)18)3-8(5-10)13(19)20/h1-6H,14H2,(H,15,16)(H,17,18)(H,19,20). The number of pyridine rings is 1. The summed E-state index contributed by atoms with van der Waals surface area (Å²) in [4.78, 5) is 25.9. The van der Waals surface area contributed by atoms with Crippen LogP contribution in [0.3, 0.4) is 0 Å². The molecule has 0 bridgehead atoms. The van der Waals surface area contributed by atoms with Gasteiger partial charge >= 0.3 is 11.9 Å². The van der Waals surface area contributed by atoms with Gasteiger partial charge < -0.3 is 21.3 Å². The third-order valence-corrected chi connectivity index (χ3v) is 2.49. The van der Waals surface area contributed by atoms with Crippen LogP contribution in [0.1, 0.15) is 20.7 Å². The molecule has 102 valence electrons. The second-order valence-corrected chi connectivity index (χ2v) is 4.01. The Morgan fingerprint density at radius 2 is 1.65 bits per heavy atom. The van der Waals surface area contributed by atoms with Crippen molar-refractivity contribution in [2.24, 2.45) is 0 Å². The lowest BCUT2D eigenvalue weighted by Crippen LogP contribution is -2.04. The minimum absolute atomic E-state index is 0.122. The number of nitrogens with one attached hydrogen (secondary N) is 1. The fraction of sp³-hybridized carbons (Fsp3) is 0. The zero-order valence-electron chi connectivity index (χ0n) is 10.2. The number of nitrogen functional groups attached to an aromatic ring is 1. The van der Waals surface area contributed by atoms with E-state index in [9.17, 15) is 9.59 Å². The van der Waals surface area contributed by atoms with Gasteiger partial charge in [-0.1, -0.05) is 0 Å². The molecular formula is C13H11N3O4. The first-order valence-electron chi connectivity index (χ1n) is 5.56. The van der Waals surface area contributed by atoms with E-state index >= 15 is 0 Å². The van der Waals surface area contributed by atoms with Crippen molar-refractivity contribution in [2.75, 3.05) is 11.1 Å². The summed E-state index contributed by atoms with van der Waals surface area (Å²) in [6, 6.07) is 6.96. The molecule has 0 atom stereocenters. The summed E-state index contributed by atoms with van der Waals surface area (Å²) < 4.78 is 0. The molecule has 7 heteroatoms. The normalized spacial score (nSPS) is 10.0. The van der Waals surface area contributed by atoms with Gasteiger partial charge in [0.05, 0.1) is 23.0 Å². The van der Waals surface area contributed by atoms with Gasteiger partial charge in [0.15, 0.2) is 0 Å². The number of nitrogens with two attached hydrogens (primary N) is 1. The van der Waals surface area contributed by atoms with Crippen LogP contribution in [0.25, 0.3) is 0 Å². The highest BCUT2D eigenvalue weighted by atomic mass is 16.4. The zero-order chi connectivity index (χ0) is 14.7. The van der Waals surface area contributed by atoms with Crippen molar-refractivity contribution in [1.82, 2.24) is 4.98 Å². The fourth-order valence-corrected chi connectivity index (χ4v) is 1.57. The van der Waals surface area contributed by atoms with Crippen molar-refractivity contribution in [3.05, 3.63) is 47.7 Å². The summed E-state index contributed by atoms with van der Waals surface area (Å²) in [6.45, 7) is 0. The van der Waals surface area contributed by atoms with E-state index in [1.165, 1.54) is 18.3 Å². The highest BCUT2D eigenvalue weighted by Crippen LogP contribution is 2.19. The number of benzene rings is 1. The molecule has 2 aromatic rings. The molecule has 1 heterocycles. The predicted octanol–water partition coefficient (Wildman–Crippen LogP) is 1.80. The summed E-state index contributed by atoms with van der Waals surface area (Å²) in [5.74, 6) is -1.99. The highest BCUT2D eigenvalue weighted by molar-refractivity contribution is 5.95. The zero-order valence-corrected chi connectivity index (χ0v) is 10.2. The molecule has 0 spiro atoms. The third-order valence-electron chi connectivity index (χ3n) is 2.49. The van der Waals surface area contributed by atoms with Crippen molar-refractivity contribution in [3.63, 3.8) is 0 Å². The SMILES string of the molecule is Nc1ccc(Nc2cc(C(=O)O)cc(C(=O)O)c2)nc1. The van der Waals surface area contributed by atoms with Gasteiger partial charge in [-0.15, -0.1) is 0 Å². The summed E-state index contributed by atoms with van der Waals surface area (Å²) in [6.07, 6.45) is 1.43. The molecule has 0 saturated heterocycles. The van der Waals surface area contributed by atoms with E-state index < -0.39 is 11.9 Å². The Bertz CT molecular complexity index is 636. The number of hydrogen-bond donors (Lipinski definition) is 4. The molecule has 0 amide bonds. The van der Waals surface area contributed by atoms with Gasteiger partial charge in [0.1, 0.15) is 5.82 Å². The number of rotatable bonds is 4. The van der Waals surface area contributed by atoms with Crippen LogP contribution in [0.15, 0.2) is 36.5 Å². The number of carboxylic acids is 2. The summed E-state index contributed by atoms with van der Waals surface area (Å²) in [5.41, 5.74) is 6.06. The minimum atomic E-state index is -1.21. The molecule has 0 fully saturated rings. The van der Waals surface area contributed by atoms with Gasteiger partial charge in [-0.2, -0.15) is 0 Å². The molecule has 7 nitrogen and oxygen atoms in total. The molecule has 1 aromatic carbocycles. The second kappa shape index (κ2) is 5.27. The number of carboxylic acid groups (broad SMARTS) is 2. The van der Waals surface area contributed by atoms with Gasteiger partial charge in [-0.25, -0.2) is 14.6 Å². The van der Waals surface area contributed by atoms with Crippen molar-refractivity contribution >= 4 is 29.1 Å². The van der Waals surface area contributed by atoms with Crippen molar-refractivity contribution in [2.45, 2.75) is 0 Å². The van der Waals surface area contributed by atoms with Crippen molar-refractivity contribution in [1.29, 1.82) is 0 Å². The number of aromatic nitrogens is 1. The molecule has 2 rings (SSSR count). The average molecular weight is 273 g/mol. The lowest BCUT2D eigenvalue weighted by molar-refractivity contribution is 0.0696. The van der Waals surface area contributed by atoms with Crippen LogP contribution in [-0.2, 0) is 0 Å². The van der Waals surface area contributed by atoms with Crippen LogP contribution in [0.2, 0.25) is 0 Å². The Morgan fingerprint density at radius 3 is 2.10 bits per heavy atom. The number of carbonyl (C=O) groups is 2. The number of nitrogens with zero attached hydrogens (tertiary/aromatic N) is 1. The van der Waals surface area contributed by atoms with Gasteiger partial charge in [-0.05, 0) is 30.3 Å². The Hall–Kier alpha value is -3.09. The van der Waals surface area contributed by atoms with E-state index in [1.807, 2.05) is 0 Å². The summed E-state index contributed by atoms with van der Waals surface area (Å²) >= 11 is 0. The number of anilines is 3. The Labute approximate surface area is 113 Å². The highest BCUT2D eigenvalue weighted by Gasteiger charge is 2.11. The third kappa shape index (κ3) is 3.02. The fourth-order valence-electron chi connectivity index (χ4n) is 1.57. The summed E-state index contributed by atoms with van der Waals surface area (Å²) in [5, 5.41) is 20.8. The Balaban J connectivity index is 2.37. The first-order valence-corrected chi connectivity index (χ1v) is 5.56. The molecular weight excluding hydrogens is 262 g/mol. The van der Waals surface area contributed by atoms with Crippen LogP contribution < -0.4 is 11.1 Å². The smallest absolute Gasteiger partial charge is 0.335 e. The van der Waals surface area contributed by atoms with E-state index in [0.717, 1.165) is 6.07 Å². The lowest BCUT2D eigenvalue weighted by atomic mass is 10.1. The maximum absolute atomic E-state index is 11.0. The molecule has 20 heavy (non-hydrogen) atoms. The molecule has 0 aliphatic rings. The predicted molar refractivity (Wildman–Crippen MR) is 72.3 cm³/mol. The number of aromatic carboxylic acids is 2. The van der Waals surface area contributed by atoms with Crippen LogP contribution in [0, 0.1) is 0 Å². The molecule has 0 aliphatic carbocycles. The maximum atomic E-state index is 11.0. The van der Waals surface area contributed by atoms with Crippen LogP contribution in [0.4, 0.5) is 17.2 Å². The first-order chi connectivity index (χ1) is 9.45. The van der Waals surface area contributed by atoms with Crippen LogP contribution >= 0.6 is 0 Å². The molecule has 0 unspecified atom stereocenters. The largest absolute Gasteiger partial charge is 0.478 e. The van der Waals surface area contributed by atoms with E-state index in [1.54, 1.807) is 12.1 Å². The minimum Gasteiger partial charge on any atom is -0.478 e. The molecule has 0 radical (unpaired) electrons. The van der Waals surface area contributed by atoms with E-state index in [0.29, 0.717) is 17.2 Å². The number of hydrogen-bond acceptors (Lipinski definition) is 5. The topological polar surface area (TPSA) is 126 Å². The average Bonchev–Trinajstić information content (AvgIpc) is 2.41. The molecule has 1 aromatic heterocycles. The maximum Gasteiger partial charge on any atom is 0.335 e. The van der Waals surface area contributed by atoms with E-state index in [-0.39, 0.29) is 11.1 Å². The molecule has 5 N–H and O–H groups in total. The van der Waals surface area contributed by atoms with E-state index in [2.05, 4.69) is 10.3 Å². The monoisotopic (exact) mass is 273 g/mol. The Kier molecular flexibility index (Phi) is 3.52. The molecule has 0 aliphatic heterocycles. The summed E-state index contributed by atoms with van der Waals surface area (Å²) in [7, 11) is 0. The Morgan fingerprint density at radius 1 is 1.05 bits per heavy atom. The molecule has 0 saturated carbocycles. The first kappa shape index (κ1) is 13.3. The van der Waals surface area contributed by atoms with Crippen molar-refractivity contribution in [3.8, 4) is 0 Å². The van der Waals surface area contributed by atoms with Gasteiger partial charge in [0, 0.05) is 5.69 Å². The van der Waals surface area contributed by atoms with Gasteiger partial charge in [0.25, 0.3) is 0 Å². The quantitative estimate of drug-likeness (QED) is 0.669. The lowest BCUT2D eigenvalue weighted by Gasteiger charge is -2.08.